The van der Waals surface area contributed by atoms with Gasteiger partial charge in [0.05, 0.1) is 11.4 Å². The quantitative estimate of drug-likeness (QED) is 0.623. The van der Waals surface area contributed by atoms with Gasteiger partial charge in [0.15, 0.2) is 0 Å². The number of nitrogens with zero attached hydrogens (tertiary/aromatic N) is 2. The van der Waals surface area contributed by atoms with Gasteiger partial charge in [-0.15, -0.1) is 23.1 Å². The fourth-order valence-corrected chi connectivity index (χ4v) is 5.05. The lowest BCUT2D eigenvalue weighted by atomic mass is 10.1. The summed E-state index contributed by atoms with van der Waals surface area (Å²) in [6.07, 6.45) is 0.944. The Morgan fingerprint density at radius 3 is 2.81 bits per heavy atom. The molecule has 1 unspecified atom stereocenters. The zero-order valence-corrected chi connectivity index (χ0v) is 16.2. The Morgan fingerprint density at radius 1 is 1.19 bits per heavy atom. The van der Waals surface area contributed by atoms with Gasteiger partial charge >= 0.3 is 0 Å². The molecule has 0 bridgehead atoms. The molecule has 1 aliphatic heterocycles. The highest BCUT2D eigenvalue weighted by atomic mass is 32.2. The first kappa shape index (κ1) is 17.3. The Bertz CT molecular complexity index is 907. The highest BCUT2D eigenvalue weighted by Gasteiger charge is 2.30. The van der Waals surface area contributed by atoms with Crippen LogP contribution >= 0.6 is 23.1 Å². The predicted molar refractivity (Wildman–Crippen MR) is 111 cm³/mol. The average molecular weight is 381 g/mol. The van der Waals surface area contributed by atoms with Crippen LogP contribution in [0.5, 0.6) is 0 Å². The van der Waals surface area contributed by atoms with E-state index in [1.165, 1.54) is 5.56 Å². The molecular weight excluding hydrogens is 360 g/mol. The third-order valence-electron chi connectivity index (χ3n) is 4.52. The Labute approximate surface area is 162 Å². The summed E-state index contributed by atoms with van der Waals surface area (Å²) < 4.78 is 0. The van der Waals surface area contributed by atoms with Gasteiger partial charge in [0.1, 0.15) is 5.01 Å². The summed E-state index contributed by atoms with van der Waals surface area (Å²) in [5.74, 6) is 1.43. The average Bonchev–Trinajstić information content (AvgIpc) is 3.26. The molecule has 0 saturated heterocycles. The molecule has 26 heavy (non-hydrogen) atoms. The first-order chi connectivity index (χ1) is 12.7. The third kappa shape index (κ3) is 3.55. The van der Waals surface area contributed by atoms with Crippen LogP contribution in [0.25, 0.3) is 10.6 Å². The van der Waals surface area contributed by atoms with Crippen molar-refractivity contribution in [2.45, 2.75) is 25.1 Å². The fraction of sp³-hybridized carbons (Fsp3) is 0.238. The topological polar surface area (TPSA) is 33.2 Å². The van der Waals surface area contributed by atoms with Crippen molar-refractivity contribution in [1.82, 2.24) is 4.98 Å². The molecule has 0 radical (unpaired) electrons. The van der Waals surface area contributed by atoms with Crippen molar-refractivity contribution < 1.29 is 4.79 Å². The highest BCUT2D eigenvalue weighted by Crippen LogP contribution is 2.32. The number of para-hydroxylation sites is 1. The molecule has 3 aromatic rings. The Kier molecular flexibility index (Phi) is 5.09. The second kappa shape index (κ2) is 7.64. The number of thioether (sulfide) groups is 1. The van der Waals surface area contributed by atoms with Gasteiger partial charge in [-0.25, -0.2) is 4.98 Å². The smallest absolute Gasteiger partial charge is 0.237 e. The number of hydrogen-bond acceptors (Lipinski definition) is 4. The van der Waals surface area contributed by atoms with Crippen molar-refractivity contribution in [3.8, 4) is 10.6 Å². The van der Waals surface area contributed by atoms with E-state index >= 15 is 0 Å². The maximum absolute atomic E-state index is 12.7. The highest BCUT2D eigenvalue weighted by molar-refractivity contribution is 7.99. The van der Waals surface area contributed by atoms with Crippen molar-refractivity contribution in [2.24, 2.45) is 0 Å². The molecule has 132 valence electrons. The lowest BCUT2D eigenvalue weighted by molar-refractivity contribution is -0.116. The van der Waals surface area contributed by atoms with Gasteiger partial charge < -0.3 is 4.90 Å². The molecule has 0 spiro atoms. The Morgan fingerprint density at radius 2 is 1.96 bits per heavy atom. The number of hydrogen-bond donors (Lipinski definition) is 0. The van der Waals surface area contributed by atoms with E-state index in [9.17, 15) is 4.79 Å². The molecule has 1 aromatic heterocycles. The van der Waals surface area contributed by atoms with Crippen LogP contribution in [0.1, 0.15) is 18.2 Å². The number of carbonyl (C=O) groups excluding carboxylic acids is 1. The van der Waals surface area contributed by atoms with Crippen LogP contribution in [0.3, 0.4) is 0 Å². The Hall–Kier alpha value is -2.11. The molecule has 1 aliphatic rings. The number of fused-ring (bicyclic) bond motifs is 1. The first-order valence-electron chi connectivity index (χ1n) is 8.70. The van der Waals surface area contributed by atoms with Crippen LogP contribution in [0.15, 0.2) is 60.0 Å². The molecule has 0 N–H and O–H groups in total. The number of amides is 1. The lowest BCUT2D eigenvalue weighted by Gasteiger charge is -2.22. The number of anilines is 1. The van der Waals surface area contributed by atoms with Crippen LogP contribution < -0.4 is 4.90 Å². The number of thiazole rings is 1. The summed E-state index contributed by atoms with van der Waals surface area (Å²) >= 11 is 3.30. The van der Waals surface area contributed by atoms with Crippen molar-refractivity contribution in [3.05, 3.63) is 71.2 Å². The van der Waals surface area contributed by atoms with Gasteiger partial charge in [0, 0.05) is 28.4 Å². The van der Waals surface area contributed by atoms with Crippen LogP contribution in [-0.2, 0) is 17.0 Å². The monoisotopic (exact) mass is 380 g/mol. The van der Waals surface area contributed by atoms with E-state index in [0.717, 1.165) is 34.1 Å². The van der Waals surface area contributed by atoms with E-state index in [1.807, 2.05) is 41.3 Å². The first-order valence-corrected chi connectivity index (χ1v) is 10.7. The van der Waals surface area contributed by atoms with Crippen LogP contribution in [0.2, 0.25) is 0 Å². The largest absolute Gasteiger partial charge is 0.308 e. The summed E-state index contributed by atoms with van der Waals surface area (Å²) in [5, 5.41) is 3.13. The van der Waals surface area contributed by atoms with Gasteiger partial charge in [0.25, 0.3) is 0 Å². The molecule has 5 heteroatoms. The number of carbonyl (C=O) groups is 1. The third-order valence-corrected chi connectivity index (χ3v) is 6.42. The van der Waals surface area contributed by atoms with Gasteiger partial charge in [-0.05, 0) is 25.0 Å². The molecule has 0 aliphatic carbocycles. The number of benzene rings is 2. The van der Waals surface area contributed by atoms with E-state index < -0.39 is 0 Å². The molecule has 4 rings (SSSR count). The van der Waals surface area contributed by atoms with E-state index in [1.54, 1.807) is 23.1 Å². The van der Waals surface area contributed by atoms with Crippen molar-refractivity contribution in [2.75, 3.05) is 10.7 Å². The van der Waals surface area contributed by atoms with E-state index in [4.69, 9.17) is 4.98 Å². The predicted octanol–water partition coefficient (Wildman–Crippen LogP) is 5.02. The standard InChI is InChI=1S/C21H20N2OS2/c1-15-11-17-9-5-6-10-19(17)23(15)20(24)14-25-12-18-13-26-21(22-18)16-7-3-2-4-8-16/h2-10,13,15H,11-12,14H2,1H3. The second-order valence-electron chi connectivity index (χ2n) is 6.45. The van der Waals surface area contributed by atoms with Crippen molar-refractivity contribution >= 4 is 34.7 Å². The second-order valence-corrected chi connectivity index (χ2v) is 8.29. The number of aromatic nitrogens is 1. The van der Waals surface area contributed by atoms with Gasteiger partial charge in [0.2, 0.25) is 5.91 Å². The minimum atomic E-state index is 0.186. The van der Waals surface area contributed by atoms with E-state index in [2.05, 4.69) is 30.5 Å². The summed E-state index contributed by atoms with van der Waals surface area (Å²) in [7, 11) is 0. The van der Waals surface area contributed by atoms with Crippen molar-refractivity contribution in [1.29, 1.82) is 0 Å². The van der Waals surface area contributed by atoms with Gasteiger partial charge in [-0.1, -0.05) is 48.5 Å². The van der Waals surface area contributed by atoms with Gasteiger partial charge in [-0.3, -0.25) is 4.79 Å². The van der Waals surface area contributed by atoms with E-state index in [-0.39, 0.29) is 11.9 Å². The lowest BCUT2D eigenvalue weighted by Crippen LogP contribution is -2.37. The Balaban J connectivity index is 1.35. The minimum Gasteiger partial charge on any atom is -0.308 e. The normalized spacial score (nSPS) is 15.9. The summed E-state index contributed by atoms with van der Waals surface area (Å²) in [5.41, 5.74) is 4.53. The number of rotatable bonds is 5. The molecule has 1 atom stereocenters. The molecular formula is C21H20N2OS2. The van der Waals surface area contributed by atoms with E-state index in [0.29, 0.717) is 5.75 Å². The van der Waals surface area contributed by atoms with Crippen LogP contribution in [-0.4, -0.2) is 22.7 Å². The molecule has 2 heterocycles. The summed E-state index contributed by atoms with van der Waals surface area (Å²) in [6.45, 7) is 2.12. The molecule has 3 nitrogen and oxygen atoms in total. The summed E-state index contributed by atoms with van der Waals surface area (Å²) in [6, 6.07) is 18.7. The summed E-state index contributed by atoms with van der Waals surface area (Å²) in [4.78, 5) is 19.4. The van der Waals surface area contributed by atoms with Crippen molar-refractivity contribution in [3.63, 3.8) is 0 Å². The fourth-order valence-electron chi connectivity index (χ4n) is 3.34. The SMILES string of the molecule is CC1Cc2ccccc2N1C(=O)CSCc1csc(-c2ccccc2)n1. The zero-order chi connectivity index (χ0) is 17.9. The van der Waals surface area contributed by atoms with Gasteiger partial charge in [-0.2, -0.15) is 0 Å². The minimum absolute atomic E-state index is 0.186. The maximum atomic E-state index is 12.7. The maximum Gasteiger partial charge on any atom is 0.237 e. The zero-order valence-electron chi connectivity index (χ0n) is 14.6. The molecule has 2 aromatic carbocycles. The molecule has 0 fully saturated rings. The van der Waals surface area contributed by atoms with Crippen LogP contribution in [0.4, 0.5) is 5.69 Å². The van der Waals surface area contributed by atoms with Crippen LogP contribution in [0, 0.1) is 0 Å². The molecule has 0 saturated carbocycles. The molecule has 1 amide bonds.